The number of ether oxygens (including phenoxy) is 2. The molecule has 1 rings (SSSR count). The van der Waals surface area contributed by atoms with Crippen LogP contribution in [0.3, 0.4) is 0 Å². The van der Waals surface area contributed by atoms with E-state index in [1.165, 1.54) is 0 Å². The molecule has 0 aromatic carbocycles. The van der Waals surface area contributed by atoms with E-state index in [0.29, 0.717) is 0 Å². The molecule has 0 bridgehead atoms. The van der Waals surface area contributed by atoms with Crippen LogP contribution in [0.15, 0.2) is 0 Å². The smallest absolute Gasteiger partial charge is 0.222 e. The zero-order chi connectivity index (χ0) is 6.69. The summed E-state index contributed by atoms with van der Waals surface area (Å²) in [5, 5.41) is 0. The van der Waals surface area contributed by atoms with Gasteiger partial charge in [-0.25, -0.2) is 0 Å². The topological polar surface area (TPSA) is 18.5 Å². The minimum absolute atomic E-state index is 0.250. The van der Waals surface area contributed by atoms with Crippen molar-refractivity contribution in [1.82, 2.24) is 0 Å². The molecular formula is C7H10O2. The van der Waals surface area contributed by atoms with E-state index in [0.717, 1.165) is 13.0 Å². The molecule has 1 fully saturated rings. The lowest BCUT2D eigenvalue weighted by Crippen LogP contribution is -2.28. The van der Waals surface area contributed by atoms with E-state index in [1.54, 1.807) is 0 Å². The van der Waals surface area contributed by atoms with Crippen LogP contribution in [0.1, 0.15) is 13.3 Å². The molecule has 0 N–H and O–H groups in total. The highest BCUT2D eigenvalue weighted by Crippen LogP contribution is 2.09. The second-order valence-corrected chi connectivity index (χ2v) is 2.10. The van der Waals surface area contributed by atoms with E-state index in [9.17, 15) is 0 Å². The summed E-state index contributed by atoms with van der Waals surface area (Å²) in [6.07, 6.45) is 5.85. The van der Waals surface area contributed by atoms with Crippen LogP contribution in [-0.2, 0) is 9.47 Å². The number of rotatable bonds is 0. The van der Waals surface area contributed by atoms with Crippen LogP contribution in [0.5, 0.6) is 0 Å². The Bertz CT molecular complexity index is 125. The summed E-state index contributed by atoms with van der Waals surface area (Å²) in [4.78, 5) is 0. The van der Waals surface area contributed by atoms with E-state index in [1.807, 2.05) is 6.92 Å². The van der Waals surface area contributed by atoms with Crippen LogP contribution in [-0.4, -0.2) is 19.0 Å². The van der Waals surface area contributed by atoms with Crippen molar-refractivity contribution in [3.63, 3.8) is 0 Å². The van der Waals surface area contributed by atoms with Gasteiger partial charge in [0.05, 0.1) is 12.7 Å². The first-order valence-corrected chi connectivity index (χ1v) is 3.06. The van der Waals surface area contributed by atoms with Crippen LogP contribution in [0, 0.1) is 12.3 Å². The van der Waals surface area contributed by atoms with Gasteiger partial charge in [0.15, 0.2) is 0 Å². The highest BCUT2D eigenvalue weighted by atomic mass is 16.7. The molecule has 2 nitrogen and oxygen atoms in total. The average Bonchev–Trinajstić information content (AvgIpc) is 1.88. The second kappa shape index (κ2) is 2.86. The number of hydrogen-bond donors (Lipinski definition) is 0. The molecule has 9 heavy (non-hydrogen) atoms. The van der Waals surface area contributed by atoms with E-state index in [-0.39, 0.29) is 6.10 Å². The van der Waals surface area contributed by atoms with Crippen molar-refractivity contribution < 1.29 is 9.47 Å². The van der Waals surface area contributed by atoms with Gasteiger partial charge in [0.1, 0.15) is 0 Å². The van der Waals surface area contributed by atoms with E-state index >= 15 is 0 Å². The number of terminal acetylenes is 1. The molecule has 0 aliphatic carbocycles. The zero-order valence-electron chi connectivity index (χ0n) is 5.46. The average molecular weight is 126 g/mol. The molecule has 2 atom stereocenters. The van der Waals surface area contributed by atoms with Crippen molar-refractivity contribution in [1.29, 1.82) is 0 Å². The maximum absolute atomic E-state index is 5.18. The summed E-state index contributed by atoms with van der Waals surface area (Å²) in [7, 11) is 0. The second-order valence-electron chi connectivity index (χ2n) is 2.10. The molecule has 0 saturated carbocycles. The molecule has 0 aromatic rings. The molecule has 0 spiro atoms. The standard InChI is InChI=1S/C7H10O2/c1-3-7-8-5-4-6(2)9-7/h1,6-7H,4-5H2,2H3. The Kier molecular flexibility index (Phi) is 2.10. The van der Waals surface area contributed by atoms with Gasteiger partial charge >= 0.3 is 0 Å². The Morgan fingerprint density at radius 3 is 2.89 bits per heavy atom. The van der Waals surface area contributed by atoms with Crippen LogP contribution >= 0.6 is 0 Å². The van der Waals surface area contributed by atoms with Gasteiger partial charge in [0.25, 0.3) is 0 Å². The summed E-state index contributed by atoms with van der Waals surface area (Å²) < 4.78 is 10.2. The Labute approximate surface area is 55.1 Å². The fraction of sp³-hybridized carbons (Fsp3) is 0.714. The van der Waals surface area contributed by atoms with E-state index < -0.39 is 6.29 Å². The molecule has 0 aromatic heterocycles. The SMILES string of the molecule is C#CC1OCCC(C)O1. The summed E-state index contributed by atoms with van der Waals surface area (Å²) in [5.41, 5.74) is 0. The monoisotopic (exact) mass is 126 g/mol. The van der Waals surface area contributed by atoms with Crippen molar-refractivity contribution >= 4 is 0 Å². The lowest BCUT2D eigenvalue weighted by Gasteiger charge is -2.23. The third-order valence-corrected chi connectivity index (χ3v) is 1.29. The maximum Gasteiger partial charge on any atom is 0.222 e. The number of hydrogen-bond acceptors (Lipinski definition) is 2. The fourth-order valence-electron chi connectivity index (χ4n) is 0.747. The van der Waals surface area contributed by atoms with Gasteiger partial charge in [-0.3, -0.25) is 0 Å². The Morgan fingerprint density at radius 1 is 1.67 bits per heavy atom. The molecule has 50 valence electrons. The van der Waals surface area contributed by atoms with E-state index in [4.69, 9.17) is 15.9 Å². The molecule has 2 heteroatoms. The van der Waals surface area contributed by atoms with Crippen LogP contribution in [0.4, 0.5) is 0 Å². The lowest BCUT2D eigenvalue weighted by molar-refractivity contribution is -0.175. The van der Waals surface area contributed by atoms with Crippen molar-refractivity contribution in [2.75, 3.05) is 6.61 Å². The van der Waals surface area contributed by atoms with Gasteiger partial charge in [-0.2, -0.15) is 0 Å². The molecule has 1 aliphatic rings. The van der Waals surface area contributed by atoms with Crippen LogP contribution < -0.4 is 0 Å². The van der Waals surface area contributed by atoms with Crippen molar-refractivity contribution in [2.45, 2.75) is 25.7 Å². The first-order chi connectivity index (χ1) is 4.33. The first-order valence-electron chi connectivity index (χ1n) is 3.06. The highest BCUT2D eigenvalue weighted by Gasteiger charge is 2.16. The van der Waals surface area contributed by atoms with Gasteiger partial charge in [-0.15, -0.1) is 6.42 Å². The van der Waals surface area contributed by atoms with Gasteiger partial charge in [0.2, 0.25) is 6.29 Å². The Balaban J connectivity index is 2.34. The van der Waals surface area contributed by atoms with Crippen LogP contribution in [0.2, 0.25) is 0 Å². The zero-order valence-corrected chi connectivity index (χ0v) is 5.46. The molecule has 2 unspecified atom stereocenters. The quantitative estimate of drug-likeness (QED) is 0.446. The third-order valence-electron chi connectivity index (χ3n) is 1.29. The molecule has 1 saturated heterocycles. The summed E-state index contributed by atoms with van der Waals surface area (Å²) in [6, 6.07) is 0. The van der Waals surface area contributed by atoms with Gasteiger partial charge in [0, 0.05) is 0 Å². The first kappa shape index (κ1) is 6.60. The van der Waals surface area contributed by atoms with Crippen molar-refractivity contribution in [2.24, 2.45) is 0 Å². The Hall–Kier alpha value is -0.520. The normalized spacial score (nSPS) is 35.6. The largest absolute Gasteiger partial charge is 0.342 e. The van der Waals surface area contributed by atoms with Gasteiger partial charge in [-0.1, -0.05) is 0 Å². The fourth-order valence-corrected chi connectivity index (χ4v) is 0.747. The predicted octanol–water partition coefficient (Wildman–Crippen LogP) is 0.771. The van der Waals surface area contributed by atoms with Crippen LogP contribution in [0.25, 0.3) is 0 Å². The molecule has 1 heterocycles. The van der Waals surface area contributed by atoms with Crippen molar-refractivity contribution in [3.8, 4) is 12.3 Å². The van der Waals surface area contributed by atoms with E-state index in [2.05, 4.69) is 5.92 Å². The molecule has 1 aliphatic heterocycles. The molecule has 0 radical (unpaired) electrons. The summed E-state index contributed by atoms with van der Waals surface area (Å²) in [5.74, 6) is 2.39. The van der Waals surface area contributed by atoms with Gasteiger partial charge < -0.3 is 9.47 Å². The summed E-state index contributed by atoms with van der Waals surface area (Å²) >= 11 is 0. The summed E-state index contributed by atoms with van der Waals surface area (Å²) in [6.45, 7) is 2.71. The lowest BCUT2D eigenvalue weighted by atomic mass is 10.3. The predicted molar refractivity (Wildman–Crippen MR) is 33.7 cm³/mol. The third kappa shape index (κ3) is 1.70. The molecular weight excluding hydrogens is 116 g/mol. The minimum Gasteiger partial charge on any atom is -0.342 e. The van der Waals surface area contributed by atoms with Gasteiger partial charge in [-0.05, 0) is 19.3 Å². The maximum atomic E-state index is 5.18. The Morgan fingerprint density at radius 2 is 2.44 bits per heavy atom. The van der Waals surface area contributed by atoms with Crippen molar-refractivity contribution in [3.05, 3.63) is 0 Å². The minimum atomic E-state index is -0.409. The molecule has 0 amide bonds. The highest BCUT2D eigenvalue weighted by molar-refractivity contribution is 4.90.